The van der Waals surface area contributed by atoms with Gasteiger partial charge in [0.1, 0.15) is 18.1 Å². The number of hydrogen-bond acceptors (Lipinski definition) is 7. The van der Waals surface area contributed by atoms with Crippen LogP contribution in [-0.2, 0) is 19.2 Å². The maximum absolute atomic E-state index is 12.3. The van der Waals surface area contributed by atoms with E-state index in [0.717, 1.165) is 0 Å². The molecule has 0 aromatic carbocycles. The van der Waals surface area contributed by atoms with Crippen molar-refractivity contribution >= 4 is 23.7 Å². The zero-order valence-corrected chi connectivity index (χ0v) is 13.9. The van der Waals surface area contributed by atoms with Gasteiger partial charge in [-0.1, -0.05) is 0 Å². The maximum atomic E-state index is 12.3. The summed E-state index contributed by atoms with van der Waals surface area (Å²) in [7, 11) is 0. The molecule has 0 aliphatic carbocycles. The molecular formula is C14H27N5O6. The zero-order chi connectivity index (χ0) is 19.4. The second-order valence-corrected chi connectivity index (χ2v) is 5.54. The van der Waals surface area contributed by atoms with Crippen molar-refractivity contribution < 1.29 is 29.4 Å². The molecule has 10 N–H and O–H groups in total. The number of hydrogen-bond donors (Lipinski definition) is 7. The fourth-order valence-corrected chi connectivity index (χ4v) is 1.94. The minimum atomic E-state index is -1.33. The van der Waals surface area contributed by atoms with Crippen LogP contribution in [0.5, 0.6) is 0 Å². The average Bonchev–Trinajstić information content (AvgIpc) is 2.56. The highest BCUT2D eigenvalue weighted by atomic mass is 16.4. The molecule has 0 aliphatic rings. The number of rotatable bonds is 13. The molecular weight excluding hydrogens is 334 g/mol. The monoisotopic (exact) mass is 361 g/mol. The summed E-state index contributed by atoms with van der Waals surface area (Å²) in [6.07, 6.45) is 0.958. The normalized spacial score (nSPS) is 14.2. The smallest absolute Gasteiger partial charge is 0.326 e. The summed E-state index contributed by atoms with van der Waals surface area (Å²) < 4.78 is 0. The van der Waals surface area contributed by atoms with Crippen LogP contribution in [0.25, 0.3) is 0 Å². The molecule has 11 nitrogen and oxygen atoms in total. The predicted octanol–water partition coefficient (Wildman–Crippen LogP) is -3.25. The molecule has 3 amide bonds. The molecule has 0 heterocycles. The van der Waals surface area contributed by atoms with Crippen LogP contribution in [0.2, 0.25) is 0 Å². The predicted molar refractivity (Wildman–Crippen MR) is 87.9 cm³/mol. The number of nitrogens with one attached hydrogen (secondary N) is 2. The van der Waals surface area contributed by atoms with E-state index in [-0.39, 0.29) is 19.3 Å². The molecule has 0 saturated carbocycles. The van der Waals surface area contributed by atoms with E-state index in [2.05, 4.69) is 10.6 Å². The van der Waals surface area contributed by atoms with E-state index in [1.807, 2.05) is 0 Å². The number of carbonyl (C=O) groups is 4. The number of aliphatic hydroxyl groups is 1. The number of primary amides is 1. The number of carbonyl (C=O) groups excluding carboxylic acids is 3. The van der Waals surface area contributed by atoms with Gasteiger partial charge in [0.15, 0.2) is 0 Å². The Kier molecular flexibility index (Phi) is 11.1. The summed E-state index contributed by atoms with van der Waals surface area (Å²) >= 11 is 0. The van der Waals surface area contributed by atoms with Gasteiger partial charge in [0.2, 0.25) is 17.7 Å². The van der Waals surface area contributed by atoms with Crippen LogP contribution in [0, 0.1) is 0 Å². The topological polar surface area (TPSA) is 211 Å². The lowest BCUT2D eigenvalue weighted by molar-refractivity contribution is -0.142. The fourth-order valence-electron chi connectivity index (χ4n) is 1.94. The van der Waals surface area contributed by atoms with Gasteiger partial charge in [0.25, 0.3) is 0 Å². The highest BCUT2D eigenvalue weighted by Crippen LogP contribution is 2.04. The van der Waals surface area contributed by atoms with Crippen LogP contribution in [-0.4, -0.2) is 65.2 Å². The first-order chi connectivity index (χ1) is 11.7. The highest BCUT2D eigenvalue weighted by molar-refractivity contribution is 5.91. The van der Waals surface area contributed by atoms with Crippen LogP contribution in [0.3, 0.4) is 0 Å². The Labute approximate surface area is 145 Å². The fraction of sp³-hybridized carbons (Fsp3) is 0.714. The van der Waals surface area contributed by atoms with Gasteiger partial charge in [-0.15, -0.1) is 0 Å². The molecule has 0 saturated heterocycles. The quantitative estimate of drug-likeness (QED) is 0.165. The van der Waals surface area contributed by atoms with Crippen molar-refractivity contribution in [2.45, 2.75) is 50.2 Å². The van der Waals surface area contributed by atoms with Gasteiger partial charge in [-0.25, -0.2) is 4.79 Å². The lowest BCUT2D eigenvalue weighted by Crippen LogP contribution is -2.55. The van der Waals surface area contributed by atoms with Gasteiger partial charge in [0, 0.05) is 6.42 Å². The summed E-state index contributed by atoms with van der Waals surface area (Å²) in [5.41, 5.74) is 15.8. The summed E-state index contributed by atoms with van der Waals surface area (Å²) in [6.45, 7) is -0.200. The molecule has 0 bridgehead atoms. The summed E-state index contributed by atoms with van der Waals surface area (Å²) in [6, 6.07) is -3.55. The first-order valence-electron chi connectivity index (χ1n) is 7.91. The molecule has 25 heavy (non-hydrogen) atoms. The molecule has 0 aromatic heterocycles. The molecule has 0 unspecified atom stereocenters. The van der Waals surface area contributed by atoms with Crippen molar-refractivity contribution in [3.8, 4) is 0 Å². The third-order valence-electron chi connectivity index (χ3n) is 3.41. The Bertz CT molecular complexity index is 473. The number of aliphatic carboxylic acids is 1. The Morgan fingerprint density at radius 3 is 2.04 bits per heavy atom. The third kappa shape index (κ3) is 9.59. The SMILES string of the molecule is NCCCC[C@H](NC(=O)[C@@H](N)CO)C(=O)N[C@@H](CCC(N)=O)C(=O)O. The summed E-state index contributed by atoms with van der Waals surface area (Å²) in [5.74, 6) is -3.48. The minimum absolute atomic E-state index is 0.171. The molecule has 0 fully saturated rings. The molecule has 0 aliphatic heterocycles. The lowest BCUT2D eigenvalue weighted by Gasteiger charge is -2.22. The van der Waals surface area contributed by atoms with Crippen molar-refractivity contribution in [1.82, 2.24) is 10.6 Å². The molecule has 144 valence electrons. The van der Waals surface area contributed by atoms with Gasteiger partial charge in [-0.05, 0) is 32.2 Å². The Morgan fingerprint density at radius 2 is 1.56 bits per heavy atom. The second kappa shape index (κ2) is 12.2. The van der Waals surface area contributed by atoms with Crippen LogP contribution in [0.4, 0.5) is 0 Å². The van der Waals surface area contributed by atoms with Gasteiger partial charge in [-0.3, -0.25) is 14.4 Å². The van der Waals surface area contributed by atoms with Crippen molar-refractivity contribution in [3.63, 3.8) is 0 Å². The Balaban J connectivity index is 4.93. The molecule has 0 rings (SSSR count). The molecule has 0 aromatic rings. The van der Waals surface area contributed by atoms with E-state index >= 15 is 0 Å². The van der Waals surface area contributed by atoms with E-state index in [0.29, 0.717) is 19.4 Å². The van der Waals surface area contributed by atoms with E-state index in [1.54, 1.807) is 0 Å². The van der Waals surface area contributed by atoms with Gasteiger partial charge < -0.3 is 38.0 Å². The van der Waals surface area contributed by atoms with E-state index in [4.69, 9.17) is 27.4 Å². The number of unbranched alkanes of at least 4 members (excludes halogenated alkanes) is 1. The molecule has 11 heteroatoms. The van der Waals surface area contributed by atoms with Gasteiger partial charge in [0.05, 0.1) is 6.61 Å². The first kappa shape index (κ1) is 22.8. The average molecular weight is 361 g/mol. The van der Waals surface area contributed by atoms with Gasteiger partial charge >= 0.3 is 5.97 Å². The standard InChI is InChI=1S/C14H27N5O6/c15-6-2-1-3-9(18-12(22)8(16)7-20)13(23)19-10(14(24)25)4-5-11(17)21/h8-10,20H,1-7,15-16H2,(H2,17,21)(H,18,22)(H,19,23)(H,24,25)/t8-,9-,10-/m0/s1. The van der Waals surface area contributed by atoms with Crippen LogP contribution < -0.4 is 27.8 Å². The van der Waals surface area contributed by atoms with E-state index in [9.17, 15) is 19.2 Å². The maximum Gasteiger partial charge on any atom is 0.326 e. The highest BCUT2D eigenvalue weighted by Gasteiger charge is 2.27. The first-order valence-corrected chi connectivity index (χ1v) is 7.91. The van der Waals surface area contributed by atoms with Crippen molar-refractivity contribution in [2.24, 2.45) is 17.2 Å². The summed E-state index contributed by atoms with van der Waals surface area (Å²) in [5, 5.41) is 22.6. The third-order valence-corrected chi connectivity index (χ3v) is 3.41. The van der Waals surface area contributed by atoms with Crippen LogP contribution in [0.15, 0.2) is 0 Å². The second-order valence-electron chi connectivity index (χ2n) is 5.54. The van der Waals surface area contributed by atoms with Crippen molar-refractivity contribution in [3.05, 3.63) is 0 Å². The van der Waals surface area contributed by atoms with Crippen molar-refractivity contribution in [1.29, 1.82) is 0 Å². The molecule has 0 radical (unpaired) electrons. The number of amides is 3. The van der Waals surface area contributed by atoms with E-state index in [1.165, 1.54) is 0 Å². The molecule has 0 spiro atoms. The Morgan fingerprint density at radius 1 is 0.960 bits per heavy atom. The van der Waals surface area contributed by atoms with Crippen molar-refractivity contribution in [2.75, 3.05) is 13.2 Å². The zero-order valence-electron chi connectivity index (χ0n) is 13.9. The Hall–Kier alpha value is -2.24. The van der Waals surface area contributed by atoms with E-state index < -0.39 is 48.4 Å². The number of carboxylic acids is 1. The summed E-state index contributed by atoms with van der Waals surface area (Å²) in [4.78, 5) is 46.0. The van der Waals surface area contributed by atoms with Gasteiger partial charge in [-0.2, -0.15) is 0 Å². The lowest BCUT2D eigenvalue weighted by atomic mass is 10.1. The van der Waals surface area contributed by atoms with Crippen LogP contribution in [0.1, 0.15) is 32.1 Å². The number of nitrogens with two attached hydrogens (primary N) is 3. The molecule has 3 atom stereocenters. The minimum Gasteiger partial charge on any atom is -0.480 e. The van der Waals surface area contributed by atoms with Crippen LogP contribution >= 0.6 is 0 Å². The number of carboxylic acid groups (broad SMARTS) is 1. The largest absolute Gasteiger partial charge is 0.480 e. The number of aliphatic hydroxyl groups excluding tert-OH is 1.